The second kappa shape index (κ2) is 7.73. The van der Waals surface area contributed by atoms with Crippen LogP contribution in [0.15, 0.2) is 30.9 Å². The van der Waals surface area contributed by atoms with Crippen LogP contribution in [0.5, 0.6) is 0 Å². The Morgan fingerprint density at radius 1 is 1.21 bits per heavy atom. The molecule has 148 valence electrons. The van der Waals surface area contributed by atoms with E-state index in [4.69, 9.17) is 0 Å². The SMILES string of the molecule is CC(=O)c1ccc(N2CCC3(CCC(=O)N(CCc4cnc[nH]4)C3)CC2)nc1. The van der Waals surface area contributed by atoms with Gasteiger partial charge in [-0.05, 0) is 43.7 Å². The number of rotatable bonds is 5. The van der Waals surface area contributed by atoms with Crippen molar-refractivity contribution in [2.75, 3.05) is 31.1 Å². The summed E-state index contributed by atoms with van der Waals surface area (Å²) in [6.07, 6.45) is 9.76. The number of hydrogen-bond acceptors (Lipinski definition) is 5. The van der Waals surface area contributed by atoms with Crippen LogP contribution in [0, 0.1) is 5.41 Å². The number of nitrogens with one attached hydrogen (secondary N) is 1. The second-order valence-corrected chi connectivity index (χ2v) is 8.09. The largest absolute Gasteiger partial charge is 0.357 e. The number of carbonyl (C=O) groups excluding carboxylic acids is 2. The minimum atomic E-state index is 0.0405. The Morgan fingerprint density at radius 2 is 2.04 bits per heavy atom. The van der Waals surface area contributed by atoms with Crippen LogP contribution >= 0.6 is 0 Å². The van der Waals surface area contributed by atoms with Gasteiger partial charge in [-0.3, -0.25) is 9.59 Å². The molecule has 1 amide bonds. The molecule has 28 heavy (non-hydrogen) atoms. The summed E-state index contributed by atoms with van der Waals surface area (Å²) < 4.78 is 0. The average molecular weight is 381 g/mol. The molecule has 7 heteroatoms. The monoisotopic (exact) mass is 381 g/mol. The minimum Gasteiger partial charge on any atom is -0.357 e. The first-order valence-electron chi connectivity index (χ1n) is 10.0. The van der Waals surface area contributed by atoms with Gasteiger partial charge < -0.3 is 14.8 Å². The molecule has 1 N–H and O–H groups in total. The summed E-state index contributed by atoms with van der Waals surface area (Å²) in [4.78, 5) is 39.8. The molecular formula is C21H27N5O2. The van der Waals surface area contributed by atoms with Crippen molar-refractivity contribution >= 4 is 17.5 Å². The number of Topliss-reactive ketones (excluding diaryl/α,β-unsaturated/α-hetero) is 1. The lowest BCUT2D eigenvalue weighted by Gasteiger charge is -2.47. The highest BCUT2D eigenvalue weighted by atomic mass is 16.2. The van der Waals surface area contributed by atoms with Crippen LogP contribution in [-0.4, -0.2) is 57.7 Å². The highest BCUT2D eigenvalue weighted by Gasteiger charge is 2.41. The number of H-pyrrole nitrogens is 1. The number of pyridine rings is 1. The molecule has 4 rings (SSSR count). The zero-order valence-corrected chi connectivity index (χ0v) is 16.4. The molecule has 1 spiro atoms. The van der Waals surface area contributed by atoms with Gasteiger partial charge in [0, 0.05) is 62.7 Å². The average Bonchev–Trinajstić information content (AvgIpc) is 3.23. The van der Waals surface area contributed by atoms with Crippen LogP contribution in [0.4, 0.5) is 5.82 Å². The summed E-state index contributed by atoms with van der Waals surface area (Å²) >= 11 is 0. The van der Waals surface area contributed by atoms with Gasteiger partial charge in [0.05, 0.1) is 6.33 Å². The Kier molecular flexibility index (Phi) is 5.15. The highest BCUT2D eigenvalue weighted by molar-refractivity contribution is 5.93. The number of aromatic nitrogens is 3. The summed E-state index contributed by atoms with van der Waals surface area (Å²) in [7, 11) is 0. The normalized spacial score (nSPS) is 19.2. The van der Waals surface area contributed by atoms with E-state index in [2.05, 4.69) is 19.9 Å². The molecule has 0 aromatic carbocycles. The number of aromatic amines is 1. The first-order valence-corrected chi connectivity index (χ1v) is 10.0. The first-order chi connectivity index (χ1) is 13.5. The van der Waals surface area contributed by atoms with Gasteiger partial charge in [-0.2, -0.15) is 0 Å². The van der Waals surface area contributed by atoms with E-state index in [9.17, 15) is 9.59 Å². The quantitative estimate of drug-likeness (QED) is 0.805. The topological polar surface area (TPSA) is 82.2 Å². The number of imidazole rings is 1. The molecule has 2 saturated heterocycles. The van der Waals surface area contributed by atoms with E-state index >= 15 is 0 Å². The third-order valence-electron chi connectivity index (χ3n) is 6.26. The maximum atomic E-state index is 12.4. The van der Waals surface area contributed by atoms with E-state index < -0.39 is 0 Å². The van der Waals surface area contributed by atoms with Crippen molar-refractivity contribution in [3.05, 3.63) is 42.1 Å². The van der Waals surface area contributed by atoms with Gasteiger partial charge in [-0.15, -0.1) is 0 Å². The van der Waals surface area contributed by atoms with Crippen molar-refractivity contribution < 1.29 is 9.59 Å². The standard InChI is InChI=1S/C21H27N5O2/c1-16(27)17-2-3-19(23-12-17)25-10-7-21(8-11-25)6-4-20(28)26(14-21)9-5-18-13-22-15-24-18/h2-3,12-13,15H,4-11,14H2,1H3,(H,22,24). The Morgan fingerprint density at radius 3 is 2.68 bits per heavy atom. The molecule has 2 aromatic heterocycles. The van der Waals surface area contributed by atoms with E-state index in [0.717, 1.165) is 63.4 Å². The fraction of sp³-hybridized carbons (Fsp3) is 0.524. The Labute approximate surface area is 165 Å². The van der Waals surface area contributed by atoms with Gasteiger partial charge in [0.25, 0.3) is 0 Å². The lowest BCUT2D eigenvalue weighted by atomic mass is 9.72. The number of ketones is 1. The van der Waals surface area contributed by atoms with Crippen LogP contribution in [0.1, 0.15) is 48.7 Å². The fourth-order valence-electron chi connectivity index (χ4n) is 4.38. The number of amides is 1. The predicted molar refractivity (Wildman–Crippen MR) is 106 cm³/mol. The number of piperidine rings is 2. The van der Waals surface area contributed by atoms with Crippen molar-refractivity contribution in [2.45, 2.75) is 39.0 Å². The Bertz CT molecular complexity index is 823. The van der Waals surface area contributed by atoms with Gasteiger partial charge in [0.2, 0.25) is 5.91 Å². The van der Waals surface area contributed by atoms with Gasteiger partial charge in [-0.1, -0.05) is 0 Å². The van der Waals surface area contributed by atoms with E-state index in [-0.39, 0.29) is 17.1 Å². The summed E-state index contributed by atoms with van der Waals surface area (Å²) in [5.74, 6) is 1.25. The summed E-state index contributed by atoms with van der Waals surface area (Å²) in [6, 6.07) is 3.79. The van der Waals surface area contributed by atoms with Crippen molar-refractivity contribution in [1.29, 1.82) is 0 Å². The molecule has 2 aliphatic heterocycles. The van der Waals surface area contributed by atoms with Crippen LogP contribution in [-0.2, 0) is 11.2 Å². The lowest BCUT2D eigenvalue weighted by molar-refractivity contribution is -0.138. The van der Waals surface area contributed by atoms with E-state index in [1.807, 2.05) is 23.2 Å². The number of carbonyl (C=O) groups is 2. The third kappa shape index (κ3) is 3.93. The summed E-state index contributed by atoms with van der Waals surface area (Å²) in [5.41, 5.74) is 1.94. The molecule has 2 aromatic rings. The van der Waals surface area contributed by atoms with Gasteiger partial charge >= 0.3 is 0 Å². The molecule has 0 radical (unpaired) electrons. The predicted octanol–water partition coefficient (Wildman–Crippen LogP) is 2.46. The molecule has 4 heterocycles. The van der Waals surface area contributed by atoms with Crippen LogP contribution < -0.4 is 4.90 Å². The van der Waals surface area contributed by atoms with Crippen LogP contribution in [0.2, 0.25) is 0 Å². The second-order valence-electron chi connectivity index (χ2n) is 8.09. The van der Waals surface area contributed by atoms with Gasteiger partial charge in [0.1, 0.15) is 5.82 Å². The zero-order valence-electron chi connectivity index (χ0n) is 16.4. The molecule has 2 aliphatic rings. The Balaban J connectivity index is 1.36. The number of nitrogens with zero attached hydrogens (tertiary/aromatic N) is 4. The first kappa shape index (κ1) is 18.7. The van der Waals surface area contributed by atoms with E-state index in [1.54, 1.807) is 19.4 Å². The van der Waals surface area contributed by atoms with E-state index in [1.165, 1.54) is 0 Å². The maximum Gasteiger partial charge on any atom is 0.222 e. The minimum absolute atomic E-state index is 0.0405. The molecule has 0 unspecified atom stereocenters. The summed E-state index contributed by atoms with van der Waals surface area (Å²) in [6.45, 7) is 5.04. The molecular weight excluding hydrogens is 354 g/mol. The number of anilines is 1. The number of likely N-dealkylation sites (tertiary alicyclic amines) is 1. The fourth-order valence-corrected chi connectivity index (χ4v) is 4.38. The van der Waals surface area contributed by atoms with Crippen LogP contribution in [0.3, 0.4) is 0 Å². The van der Waals surface area contributed by atoms with Crippen molar-refractivity contribution in [3.8, 4) is 0 Å². The molecule has 0 saturated carbocycles. The molecule has 0 bridgehead atoms. The van der Waals surface area contributed by atoms with Gasteiger partial charge in [0.15, 0.2) is 5.78 Å². The van der Waals surface area contributed by atoms with Crippen molar-refractivity contribution in [2.24, 2.45) is 5.41 Å². The lowest BCUT2D eigenvalue weighted by Crippen LogP contribution is -2.52. The molecule has 0 atom stereocenters. The molecule has 0 aliphatic carbocycles. The Hall–Kier alpha value is -2.70. The summed E-state index contributed by atoms with van der Waals surface area (Å²) in [5, 5.41) is 0. The zero-order chi connectivity index (χ0) is 19.6. The van der Waals surface area contributed by atoms with Crippen LogP contribution in [0.25, 0.3) is 0 Å². The smallest absolute Gasteiger partial charge is 0.222 e. The third-order valence-corrected chi connectivity index (χ3v) is 6.26. The number of hydrogen-bond donors (Lipinski definition) is 1. The maximum absolute atomic E-state index is 12.4. The van der Waals surface area contributed by atoms with Gasteiger partial charge in [-0.25, -0.2) is 9.97 Å². The highest BCUT2D eigenvalue weighted by Crippen LogP contribution is 2.40. The molecule has 7 nitrogen and oxygen atoms in total. The van der Waals surface area contributed by atoms with Crippen molar-refractivity contribution in [3.63, 3.8) is 0 Å². The molecule has 2 fully saturated rings. The van der Waals surface area contributed by atoms with E-state index in [0.29, 0.717) is 12.0 Å². The van der Waals surface area contributed by atoms with Crippen molar-refractivity contribution in [1.82, 2.24) is 19.9 Å².